The van der Waals surface area contributed by atoms with E-state index >= 15 is 0 Å². The van der Waals surface area contributed by atoms with Crippen molar-refractivity contribution < 1.29 is 0 Å². The Hall–Kier alpha value is -2.10. The summed E-state index contributed by atoms with van der Waals surface area (Å²) in [5, 5.41) is 3.49. The van der Waals surface area contributed by atoms with Gasteiger partial charge in [0.1, 0.15) is 17.5 Å². The number of benzene rings is 1. The molecule has 0 amide bonds. The summed E-state index contributed by atoms with van der Waals surface area (Å²) in [7, 11) is 0. The first-order chi connectivity index (χ1) is 10.8. The van der Waals surface area contributed by atoms with Crippen molar-refractivity contribution in [2.75, 3.05) is 23.3 Å². The normalized spacial score (nSPS) is 11.4. The summed E-state index contributed by atoms with van der Waals surface area (Å²) in [6.45, 7) is 14.8. The lowest BCUT2D eigenvalue weighted by Crippen LogP contribution is -2.23. The highest BCUT2D eigenvalue weighted by atomic mass is 15.2. The Balaban J connectivity index is 2.38. The van der Waals surface area contributed by atoms with Gasteiger partial charge in [-0.05, 0) is 37.8 Å². The van der Waals surface area contributed by atoms with Gasteiger partial charge in [0.2, 0.25) is 0 Å². The molecule has 1 heterocycles. The van der Waals surface area contributed by atoms with Crippen molar-refractivity contribution >= 4 is 17.3 Å². The summed E-state index contributed by atoms with van der Waals surface area (Å²) >= 11 is 0. The minimum atomic E-state index is 0.0768. The molecule has 124 valence electrons. The first-order valence-electron chi connectivity index (χ1n) is 8.32. The fourth-order valence-corrected chi connectivity index (χ4v) is 2.71. The van der Waals surface area contributed by atoms with Crippen LogP contribution in [0.1, 0.15) is 46.0 Å². The van der Waals surface area contributed by atoms with Crippen LogP contribution in [-0.4, -0.2) is 23.1 Å². The van der Waals surface area contributed by atoms with E-state index < -0.39 is 0 Å². The van der Waals surface area contributed by atoms with Crippen LogP contribution in [0.3, 0.4) is 0 Å². The molecule has 4 nitrogen and oxygen atoms in total. The van der Waals surface area contributed by atoms with E-state index in [4.69, 9.17) is 0 Å². The SMILES string of the molecule is CCN(CC)c1cc(Nc2ccccc2C(C)(C)C)nc(C)n1. The van der Waals surface area contributed by atoms with Crippen LogP contribution in [0.4, 0.5) is 17.3 Å². The zero-order valence-corrected chi connectivity index (χ0v) is 15.1. The number of hydrogen-bond donors (Lipinski definition) is 1. The smallest absolute Gasteiger partial charge is 0.136 e. The Kier molecular flexibility index (Phi) is 5.24. The van der Waals surface area contributed by atoms with E-state index in [1.165, 1.54) is 5.56 Å². The lowest BCUT2D eigenvalue weighted by Gasteiger charge is -2.24. The molecule has 4 heteroatoms. The van der Waals surface area contributed by atoms with Gasteiger partial charge in [0, 0.05) is 24.8 Å². The summed E-state index contributed by atoms with van der Waals surface area (Å²) < 4.78 is 0. The minimum Gasteiger partial charge on any atom is -0.357 e. The fourth-order valence-electron chi connectivity index (χ4n) is 2.71. The van der Waals surface area contributed by atoms with E-state index in [2.05, 4.69) is 79.1 Å². The van der Waals surface area contributed by atoms with Gasteiger partial charge in [-0.1, -0.05) is 39.0 Å². The summed E-state index contributed by atoms with van der Waals surface area (Å²) in [4.78, 5) is 11.3. The number of anilines is 3. The highest BCUT2D eigenvalue weighted by Gasteiger charge is 2.18. The Morgan fingerprint density at radius 1 is 1.04 bits per heavy atom. The van der Waals surface area contributed by atoms with E-state index in [0.29, 0.717) is 0 Å². The van der Waals surface area contributed by atoms with Gasteiger partial charge in [0.15, 0.2) is 0 Å². The topological polar surface area (TPSA) is 41.0 Å². The Morgan fingerprint density at radius 2 is 1.70 bits per heavy atom. The summed E-state index contributed by atoms with van der Waals surface area (Å²) in [6, 6.07) is 10.4. The number of nitrogens with zero attached hydrogens (tertiary/aromatic N) is 3. The van der Waals surface area contributed by atoms with Crippen LogP contribution >= 0.6 is 0 Å². The minimum absolute atomic E-state index is 0.0768. The van der Waals surface area contributed by atoms with E-state index in [1.54, 1.807) is 0 Å². The molecule has 0 spiro atoms. The van der Waals surface area contributed by atoms with Gasteiger partial charge in [-0.3, -0.25) is 0 Å². The number of aryl methyl sites for hydroxylation is 1. The van der Waals surface area contributed by atoms with Gasteiger partial charge >= 0.3 is 0 Å². The van der Waals surface area contributed by atoms with Crippen LogP contribution in [0.5, 0.6) is 0 Å². The lowest BCUT2D eigenvalue weighted by atomic mass is 9.86. The fraction of sp³-hybridized carbons (Fsp3) is 0.474. The van der Waals surface area contributed by atoms with Crippen LogP contribution in [0.2, 0.25) is 0 Å². The maximum atomic E-state index is 4.56. The molecule has 2 rings (SSSR count). The van der Waals surface area contributed by atoms with Crippen molar-refractivity contribution in [3.05, 3.63) is 41.7 Å². The molecule has 1 aromatic heterocycles. The molecule has 0 aliphatic rings. The van der Waals surface area contributed by atoms with Crippen LogP contribution < -0.4 is 10.2 Å². The molecule has 1 N–H and O–H groups in total. The zero-order valence-electron chi connectivity index (χ0n) is 15.1. The second-order valence-electron chi connectivity index (χ2n) is 6.75. The van der Waals surface area contributed by atoms with Gasteiger partial charge in [-0.15, -0.1) is 0 Å². The molecule has 0 aliphatic carbocycles. The first-order valence-corrected chi connectivity index (χ1v) is 8.32. The third-order valence-corrected chi connectivity index (χ3v) is 3.91. The maximum absolute atomic E-state index is 4.56. The van der Waals surface area contributed by atoms with Crippen molar-refractivity contribution in [1.29, 1.82) is 0 Å². The monoisotopic (exact) mass is 312 g/mol. The Morgan fingerprint density at radius 3 is 2.30 bits per heavy atom. The number of nitrogens with one attached hydrogen (secondary N) is 1. The van der Waals surface area contributed by atoms with E-state index in [9.17, 15) is 0 Å². The molecule has 1 aromatic carbocycles. The van der Waals surface area contributed by atoms with Crippen LogP contribution in [-0.2, 0) is 5.41 Å². The van der Waals surface area contributed by atoms with Crippen molar-refractivity contribution in [2.45, 2.75) is 47.0 Å². The van der Waals surface area contributed by atoms with Crippen LogP contribution in [0.15, 0.2) is 30.3 Å². The number of hydrogen-bond acceptors (Lipinski definition) is 4. The highest BCUT2D eigenvalue weighted by Crippen LogP contribution is 2.31. The zero-order chi connectivity index (χ0) is 17.0. The van der Waals surface area contributed by atoms with Gasteiger partial charge in [-0.2, -0.15) is 0 Å². The van der Waals surface area contributed by atoms with Gasteiger partial charge in [0.25, 0.3) is 0 Å². The average molecular weight is 312 g/mol. The number of rotatable bonds is 5. The van der Waals surface area contributed by atoms with Crippen LogP contribution in [0.25, 0.3) is 0 Å². The van der Waals surface area contributed by atoms with E-state index in [-0.39, 0.29) is 5.41 Å². The van der Waals surface area contributed by atoms with Crippen molar-refractivity contribution in [2.24, 2.45) is 0 Å². The predicted octanol–water partition coefficient (Wildman–Crippen LogP) is 4.67. The summed E-state index contributed by atoms with van der Waals surface area (Å²) in [6.07, 6.45) is 0. The van der Waals surface area contributed by atoms with Crippen LogP contribution in [0, 0.1) is 6.92 Å². The number of aromatic nitrogens is 2. The standard InChI is InChI=1S/C19H28N4/c1-7-23(8-2)18-13-17(20-14(3)21-18)22-16-12-10-9-11-15(16)19(4,5)6/h9-13H,7-8H2,1-6H3,(H,20,21,22). The molecule has 0 atom stereocenters. The molecule has 0 saturated carbocycles. The van der Waals surface area contributed by atoms with Gasteiger partial charge in [-0.25, -0.2) is 9.97 Å². The van der Waals surface area contributed by atoms with Crippen molar-refractivity contribution in [1.82, 2.24) is 9.97 Å². The molecular weight excluding hydrogens is 284 g/mol. The molecule has 0 aliphatic heterocycles. The van der Waals surface area contributed by atoms with Gasteiger partial charge < -0.3 is 10.2 Å². The van der Waals surface area contributed by atoms with E-state index in [0.717, 1.165) is 36.2 Å². The Bertz CT molecular complexity index is 655. The predicted molar refractivity (Wildman–Crippen MR) is 98.8 cm³/mol. The highest BCUT2D eigenvalue weighted by molar-refractivity contribution is 5.64. The largest absolute Gasteiger partial charge is 0.357 e. The molecule has 23 heavy (non-hydrogen) atoms. The van der Waals surface area contributed by atoms with Crippen molar-refractivity contribution in [3.8, 4) is 0 Å². The quantitative estimate of drug-likeness (QED) is 0.871. The third kappa shape index (κ3) is 4.21. The van der Waals surface area contributed by atoms with Crippen molar-refractivity contribution in [3.63, 3.8) is 0 Å². The molecule has 0 bridgehead atoms. The Labute approximate surface area is 140 Å². The van der Waals surface area contributed by atoms with E-state index in [1.807, 2.05) is 13.0 Å². The summed E-state index contributed by atoms with van der Waals surface area (Å²) in [5.41, 5.74) is 2.46. The third-order valence-electron chi connectivity index (χ3n) is 3.91. The molecule has 0 radical (unpaired) electrons. The maximum Gasteiger partial charge on any atom is 0.136 e. The molecule has 0 fully saturated rings. The molecule has 2 aromatic rings. The molecule has 0 saturated heterocycles. The first kappa shape index (κ1) is 17.3. The molecule has 0 unspecified atom stereocenters. The second-order valence-corrected chi connectivity index (χ2v) is 6.75. The number of para-hydroxylation sites is 1. The van der Waals surface area contributed by atoms with Gasteiger partial charge in [0.05, 0.1) is 0 Å². The average Bonchev–Trinajstić information content (AvgIpc) is 2.47. The molecular formula is C19H28N4. The second kappa shape index (κ2) is 6.99. The lowest BCUT2D eigenvalue weighted by molar-refractivity contribution is 0.592. The summed E-state index contributed by atoms with van der Waals surface area (Å²) in [5.74, 6) is 2.60.